The molecule has 2 saturated carbocycles. The van der Waals surface area contributed by atoms with Gasteiger partial charge in [0.1, 0.15) is 0 Å². The lowest BCUT2D eigenvalue weighted by Crippen LogP contribution is -2.09. The average Bonchev–Trinajstić information content (AvgIpc) is 3.09. The summed E-state index contributed by atoms with van der Waals surface area (Å²) in [6, 6.07) is 0. The molecule has 4 nitrogen and oxygen atoms in total. The van der Waals surface area contributed by atoms with Crippen LogP contribution in [0.5, 0.6) is 0 Å². The van der Waals surface area contributed by atoms with Gasteiger partial charge in [-0.2, -0.15) is 0 Å². The molecule has 2 fully saturated rings. The van der Waals surface area contributed by atoms with Gasteiger partial charge in [0.15, 0.2) is 0 Å². The van der Waals surface area contributed by atoms with E-state index in [2.05, 4.69) is 15.0 Å². The van der Waals surface area contributed by atoms with Crippen molar-refractivity contribution < 1.29 is 0 Å². The van der Waals surface area contributed by atoms with Crippen LogP contribution in [0, 0.1) is 5.92 Å². The van der Waals surface area contributed by atoms with Crippen molar-refractivity contribution in [2.75, 3.05) is 6.54 Å². The number of hydrogen-bond acceptors (Lipinski definition) is 3. The molecular formula is C11H18N4. The lowest BCUT2D eigenvalue weighted by atomic mass is 10.2. The van der Waals surface area contributed by atoms with Crippen LogP contribution in [0.4, 0.5) is 0 Å². The zero-order chi connectivity index (χ0) is 10.3. The van der Waals surface area contributed by atoms with E-state index in [1.165, 1.54) is 31.4 Å². The number of hydrogen-bond donors (Lipinski definition) is 1. The highest BCUT2D eigenvalue weighted by atomic mass is 15.4. The fourth-order valence-corrected chi connectivity index (χ4v) is 2.15. The highest BCUT2D eigenvalue weighted by Crippen LogP contribution is 2.42. The zero-order valence-corrected chi connectivity index (χ0v) is 9.02. The Morgan fingerprint density at radius 2 is 2.07 bits per heavy atom. The summed E-state index contributed by atoms with van der Waals surface area (Å²) in [6.07, 6.45) is 6.26. The topological polar surface area (TPSA) is 56.7 Å². The SMILES string of the molecule is NCCc1nnn(CC2CC2)c1C1CC1. The minimum Gasteiger partial charge on any atom is -0.330 e. The van der Waals surface area contributed by atoms with Crippen LogP contribution in [0.25, 0.3) is 0 Å². The molecule has 15 heavy (non-hydrogen) atoms. The molecule has 0 amide bonds. The Bertz CT molecular complexity index is 349. The van der Waals surface area contributed by atoms with Gasteiger partial charge < -0.3 is 5.73 Å². The van der Waals surface area contributed by atoms with E-state index in [1.54, 1.807) is 0 Å². The first-order valence-corrected chi connectivity index (χ1v) is 6.01. The molecule has 3 rings (SSSR count). The maximum absolute atomic E-state index is 5.60. The lowest BCUT2D eigenvalue weighted by Gasteiger charge is -2.05. The summed E-state index contributed by atoms with van der Waals surface area (Å²) < 4.78 is 2.15. The molecule has 0 aliphatic heterocycles. The maximum Gasteiger partial charge on any atom is 0.0874 e. The number of nitrogens with two attached hydrogens (primary N) is 1. The predicted molar refractivity (Wildman–Crippen MR) is 57.5 cm³/mol. The van der Waals surface area contributed by atoms with Gasteiger partial charge in [-0.3, -0.25) is 0 Å². The molecule has 1 heterocycles. The molecule has 0 bridgehead atoms. The van der Waals surface area contributed by atoms with Gasteiger partial charge in [0.05, 0.1) is 11.4 Å². The molecule has 0 aromatic carbocycles. The van der Waals surface area contributed by atoms with Gasteiger partial charge in [-0.1, -0.05) is 5.21 Å². The van der Waals surface area contributed by atoms with Gasteiger partial charge in [0.25, 0.3) is 0 Å². The van der Waals surface area contributed by atoms with Crippen LogP contribution in [0.15, 0.2) is 0 Å². The summed E-state index contributed by atoms with van der Waals surface area (Å²) in [6.45, 7) is 1.77. The Balaban J connectivity index is 1.83. The van der Waals surface area contributed by atoms with E-state index in [4.69, 9.17) is 5.73 Å². The van der Waals surface area contributed by atoms with Gasteiger partial charge in [-0.15, -0.1) is 5.10 Å². The number of rotatable bonds is 5. The van der Waals surface area contributed by atoms with E-state index >= 15 is 0 Å². The quantitative estimate of drug-likeness (QED) is 0.784. The van der Waals surface area contributed by atoms with Crippen molar-refractivity contribution in [2.24, 2.45) is 11.7 Å². The van der Waals surface area contributed by atoms with Crippen molar-refractivity contribution >= 4 is 0 Å². The first-order valence-electron chi connectivity index (χ1n) is 6.01. The van der Waals surface area contributed by atoms with Crippen molar-refractivity contribution in [3.05, 3.63) is 11.4 Å². The van der Waals surface area contributed by atoms with E-state index in [0.717, 1.165) is 30.5 Å². The normalized spacial score (nSPS) is 20.9. The standard InChI is InChI=1S/C11H18N4/c12-6-5-10-11(9-3-4-9)15(14-13-10)7-8-1-2-8/h8-9H,1-7,12H2. The van der Waals surface area contributed by atoms with Gasteiger partial charge in [0.2, 0.25) is 0 Å². The molecule has 2 aliphatic rings. The molecule has 0 radical (unpaired) electrons. The molecule has 4 heteroatoms. The van der Waals surface area contributed by atoms with Crippen LogP contribution in [-0.2, 0) is 13.0 Å². The Morgan fingerprint density at radius 1 is 1.27 bits per heavy atom. The van der Waals surface area contributed by atoms with Crippen molar-refractivity contribution in [3.63, 3.8) is 0 Å². The van der Waals surface area contributed by atoms with Crippen molar-refractivity contribution in [1.82, 2.24) is 15.0 Å². The number of nitrogens with zero attached hydrogens (tertiary/aromatic N) is 3. The monoisotopic (exact) mass is 206 g/mol. The van der Waals surface area contributed by atoms with E-state index in [1.807, 2.05) is 0 Å². The molecule has 0 unspecified atom stereocenters. The van der Waals surface area contributed by atoms with E-state index < -0.39 is 0 Å². The third kappa shape index (κ3) is 1.91. The maximum atomic E-state index is 5.60. The van der Waals surface area contributed by atoms with Crippen molar-refractivity contribution in [1.29, 1.82) is 0 Å². The third-order valence-electron chi connectivity index (χ3n) is 3.32. The summed E-state index contributed by atoms with van der Waals surface area (Å²) in [4.78, 5) is 0. The Kier molecular flexibility index (Phi) is 2.24. The minimum absolute atomic E-state index is 0.682. The molecule has 0 atom stereocenters. The van der Waals surface area contributed by atoms with E-state index in [-0.39, 0.29) is 0 Å². The lowest BCUT2D eigenvalue weighted by molar-refractivity contribution is 0.524. The second-order valence-electron chi connectivity index (χ2n) is 4.86. The van der Waals surface area contributed by atoms with Crippen molar-refractivity contribution in [2.45, 2.75) is 44.6 Å². The van der Waals surface area contributed by atoms with Gasteiger partial charge in [-0.05, 0) is 38.1 Å². The summed E-state index contributed by atoms with van der Waals surface area (Å²) in [5.41, 5.74) is 8.14. The third-order valence-corrected chi connectivity index (χ3v) is 3.32. The fraction of sp³-hybridized carbons (Fsp3) is 0.818. The summed E-state index contributed by atoms with van der Waals surface area (Å²) in [7, 11) is 0. The fourth-order valence-electron chi connectivity index (χ4n) is 2.15. The van der Waals surface area contributed by atoms with Crippen LogP contribution < -0.4 is 5.73 Å². The van der Waals surface area contributed by atoms with Crippen LogP contribution in [0.1, 0.15) is 43.0 Å². The van der Waals surface area contributed by atoms with Crippen LogP contribution >= 0.6 is 0 Å². The largest absolute Gasteiger partial charge is 0.330 e. The van der Waals surface area contributed by atoms with E-state index in [0.29, 0.717) is 6.54 Å². The molecule has 1 aromatic rings. The van der Waals surface area contributed by atoms with E-state index in [9.17, 15) is 0 Å². The van der Waals surface area contributed by atoms with Gasteiger partial charge in [-0.25, -0.2) is 4.68 Å². The summed E-state index contributed by atoms with van der Waals surface area (Å²) in [5.74, 6) is 1.61. The molecule has 0 saturated heterocycles. The van der Waals surface area contributed by atoms with Crippen molar-refractivity contribution in [3.8, 4) is 0 Å². The summed E-state index contributed by atoms with van der Waals surface area (Å²) in [5, 5.41) is 8.57. The molecule has 1 aromatic heterocycles. The molecule has 82 valence electrons. The predicted octanol–water partition coefficient (Wildman–Crippen LogP) is 1.07. The van der Waals surface area contributed by atoms with Gasteiger partial charge >= 0.3 is 0 Å². The summed E-state index contributed by atoms with van der Waals surface area (Å²) >= 11 is 0. The van der Waals surface area contributed by atoms with Crippen LogP contribution in [0.2, 0.25) is 0 Å². The smallest absolute Gasteiger partial charge is 0.0874 e. The Hall–Kier alpha value is -0.900. The first-order chi connectivity index (χ1) is 7.38. The highest BCUT2D eigenvalue weighted by Gasteiger charge is 2.32. The molecule has 0 spiro atoms. The molecular weight excluding hydrogens is 188 g/mol. The highest BCUT2D eigenvalue weighted by molar-refractivity contribution is 5.21. The Labute approximate surface area is 89.8 Å². The van der Waals surface area contributed by atoms with Crippen LogP contribution in [0.3, 0.4) is 0 Å². The minimum atomic E-state index is 0.682. The first kappa shape index (κ1) is 9.33. The second-order valence-corrected chi connectivity index (χ2v) is 4.86. The average molecular weight is 206 g/mol. The second kappa shape index (κ2) is 3.59. The number of aromatic nitrogens is 3. The zero-order valence-electron chi connectivity index (χ0n) is 9.02. The van der Waals surface area contributed by atoms with Crippen LogP contribution in [-0.4, -0.2) is 21.5 Å². The van der Waals surface area contributed by atoms with Gasteiger partial charge in [0, 0.05) is 18.9 Å². The Morgan fingerprint density at radius 3 is 2.67 bits per heavy atom. The molecule has 2 aliphatic carbocycles. The molecule has 2 N–H and O–H groups in total.